The molecule has 0 unspecified atom stereocenters. The molecule has 0 aromatic heterocycles. The van der Waals surface area contributed by atoms with Crippen molar-refractivity contribution in [2.75, 3.05) is 0 Å². The lowest BCUT2D eigenvalue weighted by Gasteiger charge is -2.27. The van der Waals surface area contributed by atoms with E-state index in [1.54, 1.807) is 0 Å². The molecule has 0 saturated heterocycles. The van der Waals surface area contributed by atoms with Crippen LogP contribution in [0.1, 0.15) is 26.2 Å². The Morgan fingerprint density at radius 1 is 1.33 bits per heavy atom. The first-order chi connectivity index (χ1) is 4.22. The molecule has 0 N–H and O–H groups in total. The van der Waals surface area contributed by atoms with Gasteiger partial charge >= 0.3 is 0 Å². The van der Waals surface area contributed by atoms with Crippen LogP contribution in [0.25, 0.3) is 0 Å². The zero-order chi connectivity index (χ0) is 6.85. The molecule has 0 bridgehead atoms. The molecule has 50 valence electrons. The average Bonchev–Trinajstić information content (AvgIpc) is 1.60. The first-order valence-corrected chi connectivity index (χ1v) is 3.56. The zero-order valence-electron chi connectivity index (χ0n) is 6.11. The van der Waals surface area contributed by atoms with E-state index in [0.29, 0.717) is 0 Å². The van der Waals surface area contributed by atoms with Crippen molar-refractivity contribution >= 4 is 0 Å². The molecular formula is C9H14. The normalized spacial score (nSPS) is 18.8. The maximum absolute atomic E-state index is 3.98. The van der Waals surface area contributed by atoms with Gasteiger partial charge in [0.1, 0.15) is 0 Å². The van der Waals surface area contributed by atoms with Gasteiger partial charge in [-0.25, -0.2) is 0 Å². The second kappa shape index (κ2) is 2.38. The lowest BCUT2D eigenvalue weighted by molar-refractivity contribution is 0.372. The van der Waals surface area contributed by atoms with E-state index in [4.69, 9.17) is 0 Å². The summed E-state index contributed by atoms with van der Waals surface area (Å²) in [5.74, 6) is 0.780. The third-order valence-corrected chi connectivity index (χ3v) is 2.15. The van der Waals surface area contributed by atoms with E-state index in [-0.39, 0.29) is 0 Å². The standard InChI is InChI=1S/C9H14/c1-7(2)8(3)9-5-4-6-9/h9H,1,3-6H2,2H3. The van der Waals surface area contributed by atoms with E-state index >= 15 is 0 Å². The molecule has 1 fully saturated rings. The third kappa shape index (κ3) is 1.24. The molecule has 0 atom stereocenters. The largest absolute Gasteiger partial charge is 0.0958 e. The van der Waals surface area contributed by atoms with Gasteiger partial charge in [-0.3, -0.25) is 0 Å². The Bertz CT molecular complexity index is 138. The molecule has 0 radical (unpaired) electrons. The second-order valence-electron chi connectivity index (χ2n) is 2.93. The maximum Gasteiger partial charge on any atom is -0.0165 e. The second-order valence-corrected chi connectivity index (χ2v) is 2.93. The molecule has 1 aliphatic carbocycles. The molecule has 0 aromatic rings. The van der Waals surface area contributed by atoms with E-state index in [1.807, 2.05) is 6.92 Å². The SMILES string of the molecule is C=C(C)C(=C)C1CCC1. The minimum Gasteiger partial charge on any atom is -0.0958 e. The van der Waals surface area contributed by atoms with E-state index in [9.17, 15) is 0 Å². The summed E-state index contributed by atoms with van der Waals surface area (Å²) in [5, 5.41) is 0. The van der Waals surface area contributed by atoms with Gasteiger partial charge in [-0.2, -0.15) is 0 Å². The van der Waals surface area contributed by atoms with E-state index in [1.165, 1.54) is 30.4 Å². The third-order valence-electron chi connectivity index (χ3n) is 2.15. The highest BCUT2D eigenvalue weighted by Crippen LogP contribution is 2.34. The molecular weight excluding hydrogens is 108 g/mol. The lowest BCUT2D eigenvalue weighted by atomic mass is 9.78. The zero-order valence-corrected chi connectivity index (χ0v) is 6.11. The van der Waals surface area contributed by atoms with E-state index < -0.39 is 0 Å². The monoisotopic (exact) mass is 122 g/mol. The van der Waals surface area contributed by atoms with Crippen LogP contribution in [0.4, 0.5) is 0 Å². The number of allylic oxidation sites excluding steroid dienone is 2. The Balaban J connectivity index is 2.42. The molecule has 0 aromatic carbocycles. The molecule has 1 aliphatic rings. The van der Waals surface area contributed by atoms with Crippen LogP contribution in [-0.4, -0.2) is 0 Å². The van der Waals surface area contributed by atoms with Crippen molar-refractivity contribution in [1.82, 2.24) is 0 Å². The van der Waals surface area contributed by atoms with Crippen molar-refractivity contribution in [3.05, 3.63) is 24.3 Å². The minimum absolute atomic E-state index is 0.780. The van der Waals surface area contributed by atoms with Crippen LogP contribution >= 0.6 is 0 Å². The smallest absolute Gasteiger partial charge is 0.0165 e. The maximum atomic E-state index is 3.98. The summed E-state index contributed by atoms with van der Waals surface area (Å²) in [6, 6.07) is 0. The molecule has 0 heterocycles. The van der Waals surface area contributed by atoms with Gasteiger partial charge in [-0.1, -0.05) is 25.2 Å². The molecule has 0 spiro atoms. The van der Waals surface area contributed by atoms with Crippen molar-refractivity contribution in [1.29, 1.82) is 0 Å². The summed E-state index contributed by atoms with van der Waals surface area (Å²) >= 11 is 0. The van der Waals surface area contributed by atoms with Gasteiger partial charge in [0.15, 0.2) is 0 Å². The number of hydrogen-bond donors (Lipinski definition) is 0. The average molecular weight is 122 g/mol. The molecule has 1 rings (SSSR count). The van der Waals surface area contributed by atoms with Crippen LogP contribution in [0.15, 0.2) is 24.3 Å². The van der Waals surface area contributed by atoms with Crippen LogP contribution in [0.2, 0.25) is 0 Å². The van der Waals surface area contributed by atoms with Gasteiger partial charge in [0, 0.05) is 0 Å². The molecule has 0 amide bonds. The highest BCUT2D eigenvalue weighted by Gasteiger charge is 2.19. The van der Waals surface area contributed by atoms with Gasteiger partial charge < -0.3 is 0 Å². The summed E-state index contributed by atoms with van der Waals surface area (Å²) in [4.78, 5) is 0. The number of hydrogen-bond acceptors (Lipinski definition) is 0. The van der Waals surface area contributed by atoms with E-state index in [2.05, 4.69) is 13.2 Å². The quantitative estimate of drug-likeness (QED) is 0.494. The Kier molecular flexibility index (Phi) is 1.75. The van der Waals surface area contributed by atoms with Gasteiger partial charge in [0.2, 0.25) is 0 Å². The Morgan fingerprint density at radius 3 is 2.00 bits per heavy atom. The Morgan fingerprint density at radius 2 is 1.89 bits per heavy atom. The Hall–Kier alpha value is -0.520. The van der Waals surface area contributed by atoms with E-state index in [0.717, 1.165) is 5.92 Å². The van der Waals surface area contributed by atoms with Crippen LogP contribution in [0, 0.1) is 5.92 Å². The van der Waals surface area contributed by atoms with Gasteiger partial charge in [-0.05, 0) is 31.3 Å². The molecule has 9 heavy (non-hydrogen) atoms. The minimum atomic E-state index is 0.780. The summed E-state index contributed by atoms with van der Waals surface area (Å²) in [5.41, 5.74) is 2.45. The number of rotatable bonds is 2. The topological polar surface area (TPSA) is 0 Å². The van der Waals surface area contributed by atoms with Gasteiger partial charge in [0.05, 0.1) is 0 Å². The Labute approximate surface area is 57.3 Å². The van der Waals surface area contributed by atoms with Crippen LogP contribution in [0.5, 0.6) is 0 Å². The van der Waals surface area contributed by atoms with Gasteiger partial charge in [-0.15, -0.1) is 0 Å². The molecule has 0 nitrogen and oxygen atoms in total. The first kappa shape index (κ1) is 6.60. The highest BCUT2D eigenvalue weighted by atomic mass is 14.2. The van der Waals surface area contributed by atoms with Crippen molar-refractivity contribution in [2.24, 2.45) is 5.92 Å². The fourth-order valence-corrected chi connectivity index (χ4v) is 1.11. The van der Waals surface area contributed by atoms with Crippen molar-refractivity contribution in [2.45, 2.75) is 26.2 Å². The van der Waals surface area contributed by atoms with Crippen molar-refractivity contribution in [3.8, 4) is 0 Å². The fraction of sp³-hybridized carbons (Fsp3) is 0.556. The molecule has 0 aliphatic heterocycles. The van der Waals surface area contributed by atoms with Crippen LogP contribution < -0.4 is 0 Å². The lowest BCUT2D eigenvalue weighted by Crippen LogP contribution is -2.13. The summed E-state index contributed by atoms with van der Waals surface area (Å²) in [7, 11) is 0. The van der Waals surface area contributed by atoms with Crippen LogP contribution in [0.3, 0.4) is 0 Å². The fourth-order valence-electron chi connectivity index (χ4n) is 1.11. The summed E-state index contributed by atoms with van der Waals surface area (Å²) < 4.78 is 0. The highest BCUT2D eigenvalue weighted by molar-refractivity contribution is 5.26. The first-order valence-electron chi connectivity index (χ1n) is 3.56. The molecule has 0 heteroatoms. The predicted octanol–water partition coefficient (Wildman–Crippen LogP) is 2.92. The summed E-state index contributed by atoms with van der Waals surface area (Å²) in [6.45, 7) is 9.88. The van der Waals surface area contributed by atoms with Crippen LogP contribution in [-0.2, 0) is 0 Å². The summed E-state index contributed by atoms with van der Waals surface area (Å²) in [6.07, 6.45) is 4.06. The molecule has 1 saturated carbocycles. The van der Waals surface area contributed by atoms with Crippen molar-refractivity contribution < 1.29 is 0 Å². The predicted molar refractivity (Wildman–Crippen MR) is 41.3 cm³/mol. The van der Waals surface area contributed by atoms with Gasteiger partial charge in [0.25, 0.3) is 0 Å². The van der Waals surface area contributed by atoms with Crippen molar-refractivity contribution in [3.63, 3.8) is 0 Å².